The van der Waals surface area contributed by atoms with Gasteiger partial charge in [0.05, 0.1) is 105 Å². The molecule has 4 aliphatic rings. The van der Waals surface area contributed by atoms with Crippen LogP contribution in [0.25, 0.3) is 0 Å². The first kappa shape index (κ1) is 44.9. The molecule has 0 saturated carbocycles. The van der Waals surface area contributed by atoms with Gasteiger partial charge in [0.15, 0.2) is 0 Å². The van der Waals surface area contributed by atoms with Crippen molar-refractivity contribution in [2.45, 2.75) is 162 Å². The number of rotatable bonds is 20. The highest BCUT2D eigenvalue weighted by molar-refractivity contribution is 4.58. The molecule has 6 heteroatoms. The SMILES string of the molecule is CC[N+]1(CCCCCC[N+]2(CC)CCCCC2)CCCCC1.CC[N+]1(CCCCC[N+]2(C)CCCCC2)CCCCC1.NCCCCCN. The van der Waals surface area contributed by atoms with Gasteiger partial charge in [-0.15, -0.1) is 0 Å². The number of piperidine rings is 4. The van der Waals surface area contributed by atoms with Crippen molar-refractivity contribution in [2.75, 3.05) is 118 Å². The third-order valence-electron chi connectivity index (χ3n) is 14.0. The second kappa shape index (κ2) is 26.5. The smallest absolute Gasteiger partial charge is 0.0786 e. The van der Waals surface area contributed by atoms with E-state index in [0.717, 1.165) is 25.9 Å². The van der Waals surface area contributed by atoms with Crippen molar-refractivity contribution >= 4 is 0 Å². The number of nitrogens with zero attached hydrogens (tertiary/aromatic N) is 4. The van der Waals surface area contributed by atoms with E-state index in [0.29, 0.717) is 0 Å². The van der Waals surface area contributed by atoms with E-state index in [-0.39, 0.29) is 0 Å². The Morgan fingerprint density at radius 3 is 0.898 bits per heavy atom. The lowest BCUT2D eigenvalue weighted by molar-refractivity contribution is -0.931. The van der Waals surface area contributed by atoms with Gasteiger partial charge in [0.1, 0.15) is 0 Å². The molecule has 0 bridgehead atoms. The number of hydrogen-bond acceptors (Lipinski definition) is 2. The van der Waals surface area contributed by atoms with E-state index in [2.05, 4.69) is 27.8 Å². The van der Waals surface area contributed by atoms with E-state index in [1.54, 1.807) is 0 Å². The van der Waals surface area contributed by atoms with Crippen LogP contribution in [-0.4, -0.2) is 136 Å². The standard InChI is InChI=1S/C20H42N2.C18H38N2.C5H14N2/c1-3-21(17-11-7-12-18-21)15-9-5-6-10-16-22(4-2)19-13-8-14-20-22;1-3-20(17-11-6-12-18-20)16-10-5-9-15-19(2)13-7-4-8-14-19;6-4-2-1-3-5-7/h3-20H2,1-2H3;3-18H2,1-2H3;1-7H2/q2*+2;. The molecule has 4 N–H and O–H groups in total. The summed E-state index contributed by atoms with van der Waals surface area (Å²) in [6.45, 7) is 30.4. The van der Waals surface area contributed by atoms with E-state index in [1.807, 2.05) is 0 Å². The number of hydrogen-bond donors (Lipinski definition) is 2. The molecule has 6 nitrogen and oxygen atoms in total. The molecular formula is C43H94N6+4. The Kier molecular flexibility index (Phi) is 24.3. The van der Waals surface area contributed by atoms with Gasteiger partial charge >= 0.3 is 0 Å². The van der Waals surface area contributed by atoms with Crippen molar-refractivity contribution in [1.82, 2.24) is 0 Å². The molecular weight excluding hydrogens is 601 g/mol. The molecule has 0 spiro atoms. The maximum absolute atomic E-state index is 5.23. The van der Waals surface area contributed by atoms with Crippen molar-refractivity contribution in [3.63, 3.8) is 0 Å². The molecule has 4 rings (SSSR count). The van der Waals surface area contributed by atoms with Gasteiger partial charge in [0.2, 0.25) is 0 Å². The van der Waals surface area contributed by atoms with Crippen LogP contribution in [0.4, 0.5) is 0 Å². The number of quaternary nitrogens is 4. The fourth-order valence-electron chi connectivity index (χ4n) is 9.97. The molecule has 0 aromatic carbocycles. The van der Waals surface area contributed by atoms with Crippen LogP contribution < -0.4 is 11.5 Å². The monoisotopic (exact) mass is 695 g/mol. The molecule has 0 aliphatic carbocycles. The van der Waals surface area contributed by atoms with Gasteiger partial charge in [-0.25, -0.2) is 0 Å². The van der Waals surface area contributed by atoms with Crippen LogP contribution >= 0.6 is 0 Å². The molecule has 292 valence electrons. The van der Waals surface area contributed by atoms with Gasteiger partial charge in [-0.1, -0.05) is 6.42 Å². The molecule has 0 aromatic heterocycles. The Morgan fingerprint density at radius 2 is 0.592 bits per heavy atom. The molecule has 4 aliphatic heterocycles. The summed E-state index contributed by atoms with van der Waals surface area (Å²) in [4.78, 5) is 0. The molecule has 4 saturated heterocycles. The summed E-state index contributed by atoms with van der Waals surface area (Å²) >= 11 is 0. The average molecular weight is 695 g/mol. The van der Waals surface area contributed by atoms with Crippen LogP contribution in [0.15, 0.2) is 0 Å². The van der Waals surface area contributed by atoms with E-state index in [4.69, 9.17) is 11.5 Å². The van der Waals surface area contributed by atoms with Crippen LogP contribution in [0.1, 0.15) is 162 Å². The van der Waals surface area contributed by atoms with E-state index in [1.165, 1.54) is 245 Å². The van der Waals surface area contributed by atoms with Crippen molar-refractivity contribution < 1.29 is 17.9 Å². The van der Waals surface area contributed by atoms with Gasteiger partial charge in [-0.3, -0.25) is 0 Å². The van der Waals surface area contributed by atoms with Crippen molar-refractivity contribution in [3.05, 3.63) is 0 Å². The highest BCUT2D eigenvalue weighted by atomic mass is 15.4. The zero-order valence-electron chi connectivity index (χ0n) is 34.5. The first-order valence-corrected chi connectivity index (χ1v) is 22.6. The quantitative estimate of drug-likeness (QED) is 0.0993. The lowest BCUT2D eigenvalue weighted by atomic mass is 10.0. The molecule has 0 atom stereocenters. The highest BCUT2D eigenvalue weighted by Gasteiger charge is 2.30. The van der Waals surface area contributed by atoms with Crippen LogP contribution in [0, 0.1) is 0 Å². The van der Waals surface area contributed by atoms with E-state index < -0.39 is 0 Å². The lowest BCUT2D eigenvalue weighted by Gasteiger charge is -2.41. The first-order valence-electron chi connectivity index (χ1n) is 22.6. The second-order valence-corrected chi connectivity index (χ2v) is 17.6. The lowest BCUT2D eigenvalue weighted by Crippen LogP contribution is -2.52. The predicted octanol–water partition coefficient (Wildman–Crippen LogP) is 8.47. The average Bonchev–Trinajstić information content (AvgIpc) is 3.15. The normalized spacial score (nSPS) is 22.7. The zero-order chi connectivity index (χ0) is 35.6. The Balaban J connectivity index is 0.000000286. The van der Waals surface area contributed by atoms with Crippen molar-refractivity contribution in [3.8, 4) is 0 Å². The Hall–Kier alpha value is -0.240. The molecule has 4 heterocycles. The van der Waals surface area contributed by atoms with Crippen molar-refractivity contribution in [1.29, 1.82) is 0 Å². The van der Waals surface area contributed by atoms with Crippen LogP contribution in [0.3, 0.4) is 0 Å². The fraction of sp³-hybridized carbons (Fsp3) is 1.00. The van der Waals surface area contributed by atoms with Gasteiger partial charge in [0, 0.05) is 0 Å². The number of unbranched alkanes of at least 4 members (excludes halogenated alkanes) is 7. The minimum atomic E-state index is 0.806. The summed E-state index contributed by atoms with van der Waals surface area (Å²) in [6, 6.07) is 0. The number of nitrogens with two attached hydrogens (primary N) is 2. The van der Waals surface area contributed by atoms with Gasteiger partial charge in [-0.2, -0.15) is 0 Å². The first-order chi connectivity index (χ1) is 23.8. The molecule has 0 unspecified atom stereocenters. The van der Waals surface area contributed by atoms with Crippen LogP contribution in [-0.2, 0) is 0 Å². The maximum atomic E-state index is 5.23. The summed E-state index contributed by atoms with van der Waals surface area (Å²) in [6.07, 6.45) is 31.4. The zero-order valence-corrected chi connectivity index (χ0v) is 34.5. The minimum absolute atomic E-state index is 0.806. The second-order valence-electron chi connectivity index (χ2n) is 17.6. The third kappa shape index (κ3) is 18.4. The summed E-state index contributed by atoms with van der Waals surface area (Å²) in [5, 5.41) is 0. The number of likely N-dealkylation sites (tertiary alicyclic amines) is 4. The molecule has 0 amide bonds. The third-order valence-corrected chi connectivity index (χ3v) is 14.0. The highest BCUT2D eigenvalue weighted by Crippen LogP contribution is 2.23. The minimum Gasteiger partial charge on any atom is -0.330 e. The summed E-state index contributed by atoms with van der Waals surface area (Å²) in [7, 11) is 2.49. The van der Waals surface area contributed by atoms with Crippen molar-refractivity contribution in [2.24, 2.45) is 11.5 Å². The largest absolute Gasteiger partial charge is 0.330 e. The molecule has 4 fully saturated rings. The fourth-order valence-corrected chi connectivity index (χ4v) is 9.97. The topological polar surface area (TPSA) is 52.0 Å². The molecule has 0 radical (unpaired) electrons. The Labute approximate surface area is 309 Å². The Bertz CT molecular complexity index is 713. The van der Waals surface area contributed by atoms with Crippen LogP contribution in [0.5, 0.6) is 0 Å². The summed E-state index contributed by atoms with van der Waals surface area (Å²) in [5.74, 6) is 0. The van der Waals surface area contributed by atoms with E-state index in [9.17, 15) is 0 Å². The summed E-state index contributed by atoms with van der Waals surface area (Å²) in [5.41, 5.74) is 10.5. The van der Waals surface area contributed by atoms with Gasteiger partial charge in [0.25, 0.3) is 0 Å². The molecule has 49 heavy (non-hydrogen) atoms. The summed E-state index contributed by atoms with van der Waals surface area (Å²) < 4.78 is 5.68. The molecule has 0 aromatic rings. The van der Waals surface area contributed by atoms with Gasteiger partial charge in [-0.05, 0) is 169 Å². The van der Waals surface area contributed by atoms with Gasteiger partial charge < -0.3 is 29.4 Å². The maximum Gasteiger partial charge on any atom is 0.0786 e. The predicted molar refractivity (Wildman–Crippen MR) is 217 cm³/mol. The van der Waals surface area contributed by atoms with E-state index >= 15 is 0 Å². The Morgan fingerprint density at radius 1 is 0.327 bits per heavy atom. The van der Waals surface area contributed by atoms with Crippen LogP contribution in [0.2, 0.25) is 0 Å².